The second-order valence-corrected chi connectivity index (χ2v) is 9.32. The number of carbonyl (C=O) groups excluding carboxylic acids is 1. The SMILES string of the molecule is Cc1nn2ncccc2c1C(=O)N[C@@H](C)c1nc2cccc(C#Cc3ccn(C)n3)c2c(=O)n1-c1ccccc1. The monoisotopic (exact) mass is 528 g/mol. The summed E-state index contributed by atoms with van der Waals surface area (Å²) >= 11 is 0. The van der Waals surface area contributed by atoms with Crippen molar-refractivity contribution in [3.8, 4) is 17.5 Å². The minimum atomic E-state index is -0.626. The molecule has 4 aromatic heterocycles. The van der Waals surface area contributed by atoms with Crippen molar-refractivity contribution < 1.29 is 4.79 Å². The molecule has 10 heteroatoms. The van der Waals surface area contributed by atoms with Crippen LogP contribution in [0, 0.1) is 18.8 Å². The minimum Gasteiger partial charge on any atom is -0.342 e. The number of carbonyl (C=O) groups is 1. The Morgan fingerprint density at radius 2 is 1.80 bits per heavy atom. The fourth-order valence-corrected chi connectivity index (χ4v) is 4.70. The molecule has 196 valence electrons. The highest BCUT2D eigenvalue weighted by Crippen LogP contribution is 2.22. The number of nitrogens with zero attached hydrogens (tertiary/aromatic N) is 7. The Balaban J connectivity index is 1.48. The van der Waals surface area contributed by atoms with Gasteiger partial charge < -0.3 is 5.32 Å². The van der Waals surface area contributed by atoms with E-state index in [9.17, 15) is 9.59 Å². The van der Waals surface area contributed by atoms with E-state index >= 15 is 0 Å². The lowest BCUT2D eigenvalue weighted by Gasteiger charge is -2.20. The first-order chi connectivity index (χ1) is 19.4. The molecular formula is C30H24N8O2. The summed E-state index contributed by atoms with van der Waals surface area (Å²) in [5.41, 5.74) is 3.53. The van der Waals surface area contributed by atoms with Crippen LogP contribution in [-0.4, -0.2) is 40.1 Å². The van der Waals surface area contributed by atoms with Crippen molar-refractivity contribution in [1.82, 2.24) is 39.5 Å². The number of benzene rings is 2. The van der Waals surface area contributed by atoms with Crippen LogP contribution < -0.4 is 10.9 Å². The van der Waals surface area contributed by atoms with Crippen LogP contribution in [0.4, 0.5) is 0 Å². The van der Waals surface area contributed by atoms with E-state index in [1.165, 1.54) is 9.20 Å². The van der Waals surface area contributed by atoms with Crippen molar-refractivity contribution in [2.45, 2.75) is 19.9 Å². The topological polar surface area (TPSA) is 112 Å². The molecule has 0 radical (unpaired) electrons. The number of aromatic nitrogens is 7. The van der Waals surface area contributed by atoms with Crippen LogP contribution in [0.5, 0.6) is 0 Å². The molecule has 0 spiro atoms. The van der Waals surface area contributed by atoms with Crippen LogP contribution in [0.15, 0.2) is 83.9 Å². The van der Waals surface area contributed by atoms with Crippen LogP contribution in [0.3, 0.4) is 0 Å². The predicted octanol–water partition coefficient (Wildman–Crippen LogP) is 3.36. The summed E-state index contributed by atoms with van der Waals surface area (Å²) in [5, 5.41) is 16.2. The Kier molecular flexibility index (Phi) is 6.16. The molecule has 1 amide bonds. The summed E-state index contributed by atoms with van der Waals surface area (Å²) in [6, 6.07) is 19.3. The largest absolute Gasteiger partial charge is 0.342 e. The van der Waals surface area contributed by atoms with E-state index in [2.05, 4.69) is 32.5 Å². The van der Waals surface area contributed by atoms with Gasteiger partial charge in [0.1, 0.15) is 17.0 Å². The zero-order chi connectivity index (χ0) is 27.8. The maximum Gasteiger partial charge on any atom is 0.267 e. The molecule has 0 saturated carbocycles. The van der Waals surface area contributed by atoms with Crippen molar-refractivity contribution in [2.24, 2.45) is 7.05 Å². The van der Waals surface area contributed by atoms with E-state index in [0.29, 0.717) is 50.4 Å². The number of hydrogen-bond donors (Lipinski definition) is 1. The van der Waals surface area contributed by atoms with Gasteiger partial charge in [0.25, 0.3) is 11.5 Å². The second-order valence-electron chi connectivity index (χ2n) is 9.32. The van der Waals surface area contributed by atoms with Crippen LogP contribution in [0.1, 0.15) is 46.1 Å². The fourth-order valence-electron chi connectivity index (χ4n) is 4.70. The molecule has 0 unspecified atom stereocenters. The lowest BCUT2D eigenvalue weighted by Crippen LogP contribution is -2.33. The molecule has 6 rings (SSSR count). The Morgan fingerprint density at radius 1 is 0.975 bits per heavy atom. The quantitative estimate of drug-likeness (QED) is 0.351. The molecular weight excluding hydrogens is 504 g/mol. The van der Waals surface area contributed by atoms with Gasteiger partial charge in [0, 0.05) is 25.0 Å². The van der Waals surface area contributed by atoms with Gasteiger partial charge in [-0.3, -0.25) is 18.8 Å². The van der Waals surface area contributed by atoms with Gasteiger partial charge in [0.15, 0.2) is 0 Å². The number of fused-ring (bicyclic) bond motifs is 2. The van der Waals surface area contributed by atoms with Crippen molar-refractivity contribution in [2.75, 3.05) is 0 Å². The highest BCUT2D eigenvalue weighted by molar-refractivity contribution is 6.02. The maximum absolute atomic E-state index is 14.1. The number of amides is 1. The van der Waals surface area contributed by atoms with Gasteiger partial charge in [-0.15, -0.1) is 0 Å². The van der Waals surface area contributed by atoms with E-state index in [-0.39, 0.29) is 11.5 Å². The first-order valence-electron chi connectivity index (χ1n) is 12.6. The normalized spacial score (nSPS) is 11.8. The molecule has 1 N–H and O–H groups in total. The van der Waals surface area contributed by atoms with E-state index in [4.69, 9.17) is 4.98 Å². The Bertz CT molecular complexity index is 2030. The summed E-state index contributed by atoms with van der Waals surface area (Å²) in [4.78, 5) is 32.5. The van der Waals surface area contributed by atoms with E-state index in [1.54, 1.807) is 49.0 Å². The zero-order valence-corrected chi connectivity index (χ0v) is 22.0. The molecule has 4 heterocycles. The standard InChI is InChI=1S/C30H24N8O2/c1-19-26(25-13-8-17-31-38(25)34-19)29(39)32-20(2)28-33-24-12-7-9-21(14-15-22-16-18-36(3)35-22)27(24)30(40)37(28)23-10-5-4-6-11-23/h4-13,16-18,20H,1-3H3,(H,32,39)/t20-/m0/s1. The second kappa shape index (κ2) is 9.96. The molecule has 0 bridgehead atoms. The summed E-state index contributed by atoms with van der Waals surface area (Å²) in [5.74, 6) is 6.18. The van der Waals surface area contributed by atoms with Gasteiger partial charge >= 0.3 is 0 Å². The van der Waals surface area contributed by atoms with Gasteiger partial charge in [-0.2, -0.15) is 19.9 Å². The molecule has 0 fully saturated rings. The number of aryl methyl sites for hydroxylation is 2. The third-order valence-electron chi connectivity index (χ3n) is 6.53. The molecule has 0 saturated heterocycles. The van der Waals surface area contributed by atoms with Gasteiger partial charge in [-0.25, -0.2) is 4.98 Å². The summed E-state index contributed by atoms with van der Waals surface area (Å²) in [6.45, 7) is 3.56. The van der Waals surface area contributed by atoms with Crippen LogP contribution in [0.25, 0.3) is 22.1 Å². The number of para-hydroxylation sites is 1. The summed E-state index contributed by atoms with van der Waals surface area (Å²) in [7, 11) is 1.82. The smallest absolute Gasteiger partial charge is 0.267 e. The number of hydrogen-bond acceptors (Lipinski definition) is 6. The first kappa shape index (κ1) is 24.8. The van der Waals surface area contributed by atoms with E-state index in [1.807, 2.05) is 55.7 Å². The third kappa shape index (κ3) is 4.39. The maximum atomic E-state index is 14.1. The third-order valence-corrected chi connectivity index (χ3v) is 6.53. The van der Waals surface area contributed by atoms with Crippen molar-refractivity contribution in [3.05, 3.63) is 118 Å². The lowest BCUT2D eigenvalue weighted by atomic mass is 10.1. The fraction of sp³-hybridized carbons (Fsp3) is 0.133. The van der Waals surface area contributed by atoms with Crippen molar-refractivity contribution >= 4 is 22.3 Å². The number of nitrogens with one attached hydrogen (secondary N) is 1. The van der Waals surface area contributed by atoms with Crippen LogP contribution in [0.2, 0.25) is 0 Å². The predicted molar refractivity (Wildman–Crippen MR) is 150 cm³/mol. The molecule has 2 aromatic carbocycles. The van der Waals surface area contributed by atoms with Crippen LogP contribution in [-0.2, 0) is 7.05 Å². The Hall–Kier alpha value is -5.56. The zero-order valence-electron chi connectivity index (χ0n) is 22.0. The highest BCUT2D eigenvalue weighted by atomic mass is 16.2. The average Bonchev–Trinajstić information content (AvgIpc) is 3.53. The Labute approximate surface area is 228 Å². The van der Waals surface area contributed by atoms with Crippen LogP contribution >= 0.6 is 0 Å². The molecule has 0 aliphatic carbocycles. The summed E-state index contributed by atoms with van der Waals surface area (Å²) < 4.78 is 4.63. The molecule has 1 atom stereocenters. The average molecular weight is 529 g/mol. The summed E-state index contributed by atoms with van der Waals surface area (Å²) in [6.07, 6.45) is 3.42. The van der Waals surface area contributed by atoms with Gasteiger partial charge in [-0.05, 0) is 62.2 Å². The highest BCUT2D eigenvalue weighted by Gasteiger charge is 2.24. The lowest BCUT2D eigenvalue weighted by molar-refractivity contribution is 0.0939. The molecule has 10 nitrogen and oxygen atoms in total. The van der Waals surface area contributed by atoms with Crippen molar-refractivity contribution in [3.63, 3.8) is 0 Å². The van der Waals surface area contributed by atoms with E-state index < -0.39 is 6.04 Å². The number of rotatable bonds is 4. The van der Waals surface area contributed by atoms with E-state index in [0.717, 1.165) is 0 Å². The van der Waals surface area contributed by atoms with Gasteiger partial charge in [-0.1, -0.05) is 30.2 Å². The minimum absolute atomic E-state index is 0.283. The van der Waals surface area contributed by atoms with Gasteiger partial charge in [0.05, 0.1) is 33.9 Å². The van der Waals surface area contributed by atoms with Gasteiger partial charge in [0.2, 0.25) is 0 Å². The molecule has 6 aromatic rings. The molecule has 0 aliphatic heterocycles. The Morgan fingerprint density at radius 3 is 2.58 bits per heavy atom. The molecule has 0 aliphatic rings. The van der Waals surface area contributed by atoms with Crippen molar-refractivity contribution in [1.29, 1.82) is 0 Å². The first-order valence-corrected chi connectivity index (χ1v) is 12.6. The molecule has 40 heavy (non-hydrogen) atoms.